The Kier molecular flexibility index (Phi) is 9.05. The van der Waals surface area contributed by atoms with Gasteiger partial charge in [0, 0.05) is 22.5 Å². The minimum Gasteiger partial charge on any atom is -0.352 e. The molecule has 0 aromatic heterocycles. The third kappa shape index (κ3) is 7.41. The second-order valence-corrected chi connectivity index (χ2v) is 8.83. The van der Waals surface area contributed by atoms with Crippen LogP contribution in [0.3, 0.4) is 0 Å². The summed E-state index contributed by atoms with van der Waals surface area (Å²) >= 11 is 7.39. The smallest absolute Gasteiger partial charge is 0.243 e. The van der Waals surface area contributed by atoms with E-state index in [2.05, 4.69) is 11.4 Å². The number of carbonyl (C=O) groups excluding carboxylic acids is 2. The molecule has 29 heavy (non-hydrogen) atoms. The van der Waals surface area contributed by atoms with Crippen molar-refractivity contribution >= 4 is 35.2 Å². The molecule has 0 fully saturated rings. The topological polar surface area (TPSA) is 49.4 Å². The van der Waals surface area contributed by atoms with Crippen LogP contribution >= 0.6 is 23.4 Å². The highest BCUT2D eigenvalue weighted by Crippen LogP contribution is 2.22. The normalized spacial score (nSPS) is 11.9. The average molecular weight is 433 g/mol. The second-order valence-electron chi connectivity index (χ2n) is 7.34. The van der Waals surface area contributed by atoms with E-state index >= 15 is 0 Å². The number of amides is 2. The lowest BCUT2D eigenvalue weighted by Gasteiger charge is -2.31. The summed E-state index contributed by atoms with van der Waals surface area (Å²) in [6.45, 7) is 8.22. The molecule has 2 amide bonds. The van der Waals surface area contributed by atoms with Crippen LogP contribution in [0.5, 0.6) is 0 Å². The predicted molar refractivity (Wildman–Crippen MR) is 121 cm³/mol. The molecular weight excluding hydrogens is 404 g/mol. The number of aryl methyl sites for hydroxylation is 1. The Labute approximate surface area is 183 Å². The van der Waals surface area contributed by atoms with Gasteiger partial charge in [-0.25, -0.2) is 0 Å². The summed E-state index contributed by atoms with van der Waals surface area (Å²) in [6.07, 6.45) is 0.557. The fraction of sp³-hybridized carbons (Fsp3) is 0.391. The Bertz CT molecular complexity index is 824. The van der Waals surface area contributed by atoms with Crippen molar-refractivity contribution in [1.29, 1.82) is 0 Å². The molecule has 0 spiro atoms. The Morgan fingerprint density at radius 1 is 1.14 bits per heavy atom. The summed E-state index contributed by atoms with van der Waals surface area (Å²) in [4.78, 5) is 28.6. The fourth-order valence-electron chi connectivity index (χ4n) is 3.07. The molecule has 0 bridgehead atoms. The maximum atomic E-state index is 13.2. The summed E-state index contributed by atoms with van der Waals surface area (Å²) in [5.74, 6) is 0.0936. The SMILES string of the molecule is CCC(C(=O)NC(C)C)N(Cc1cccc(C)c1)C(=O)CSc1ccc(Cl)cc1. The van der Waals surface area contributed by atoms with Gasteiger partial charge in [0.05, 0.1) is 5.75 Å². The summed E-state index contributed by atoms with van der Waals surface area (Å²) in [5.41, 5.74) is 2.15. The molecule has 1 unspecified atom stereocenters. The van der Waals surface area contributed by atoms with Crippen LogP contribution in [0.15, 0.2) is 53.4 Å². The molecule has 2 aromatic rings. The summed E-state index contributed by atoms with van der Waals surface area (Å²) in [7, 11) is 0. The number of benzene rings is 2. The van der Waals surface area contributed by atoms with E-state index < -0.39 is 6.04 Å². The van der Waals surface area contributed by atoms with Crippen molar-refractivity contribution in [1.82, 2.24) is 10.2 Å². The molecule has 1 N–H and O–H groups in total. The maximum Gasteiger partial charge on any atom is 0.243 e. The average Bonchev–Trinajstić information content (AvgIpc) is 2.66. The van der Waals surface area contributed by atoms with Crippen molar-refractivity contribution in [3.05, 3.63) is 64.7 Å². The molecule has 0 saturated heterocycles. The molecule has 156 valence electrons. The molecule has 0 aliphatic rings. The molecule has 0 radical (unpaired) electrons. The molecule has 0 aliphatic heterocycles. The first-order valence-corrected chi connectivity index (χ1v) is 11.2. The molecular formula is C23H29ClN2O2S. The van der Waals surface area contributed by atoms with E-state index in [9.17, 15) is 9.59 Å². The van der Waals surface area contributed by atoms with Crippen LogP contribution in [0, 0.1) is 6.92 Å². The van der Waals surface area contributed by atoms with Gasteiger partial charge in [-0.1, -0.05) is 48.4 Å². The minimum atomic E-state index is -0.503. The van der Waals surface area contributed by atoms with E-state index in [1.165, 1.54) is 11.8 Å². The van der Waals surface area contributed by atoms with E-state index in [1.54, 1.807) is 4.90 Å². The molecule has 2 rings (SSSR count). The highest BCUT2D eigenvalue weighted by molar-refractivity contribution is 8.00. The van der Waals surface area contributed by atoms with Gasteiger partial charge in [0.2, 0.25) is 11.8 Å². The molecule has 6 heteroatoms. The van der Waals surface area contributed by atoms with Crippen LogP contribution in [0.25, 0.3) is 0 Å². The van der Waals surface area contributed by atoms with Crippen molar-refractivity contribution in [3.63, 3.8) is 0 Å². The van der Waals surface area contributed by atoms with E-state index in [4.69, 9.17) is 11.6 Å². The fourth-order valence-corrected chi connectivity index (χ4v) is 3.98. The number of hydrogen-bond acceptors (Lipinski definition) is 3. The van der Waals surface area contributed by atoms with E-state index in [0.29, 0.717) is 18.0 Å². The van der Waals surface area contributed by atoms with Crippen LogP contribution < -0.4 is 5.32 Å². The summed E-state index contributed by atoms with van der Waals surface area (Å²) in [5, 5.41) is 3.62. The van der Waals surface area contributed by atoms with Crippen molar-refractivity contribution in [3.8, 4) is 0 Å². The van der Waals surface area contributed by atoms with Crippen molar-refractivity contribution in [2.75, 3.05) is 5.75 Å². The highest BCUT2D eigenvalue weighted by Gasteiger charge is 2.28. The number of nitrogens with zero attached hydrogens (tertiary/aromatic N) is 1. The third-order valence-electron chi connectivity index (χ3n) is 4.43. The number of carbonyl (C=O) groups is 2. The molecule has 0 saturated carbocycles. The number of halogens is 1. The van der Waals surface area contributed by atoms with Crippen LogP contribution in [0.4, 0.5) is 0 Å². The van der Waals surface area contributed by atoms with Gasteiger partial charge in [0.1, 0.15) is 6.04 Å². The van der Waals surface area contributed by atoms with Crippen molar-refractivity contribution < 1.29 is 9.59 Å². The van der Waals surface area contributed by atoms with Crippen molar-refractivity contribution in [2.24, 2.45) is 0 Å². The number of nitrogens with one attached hydrogen (secondary N) is 1. The van der Waals surface area contributed by atoms with Crippen LogP contribution in [-0.2, 0) is 16.1 Å². The standard InChI is InChI=1S/C23H29ClN2O2S/c1-5-21(23(28)25-16(2)3)26(14-18-8-6-7-17(4)13-18)22(27)15-29-20-11-9-19(24)10-12-20/h6-13,16,21H,5,14-15H2,1-4H3,(H,25,28). The second kappa shape index (κ2) is 11.3. The third-order valence-corrected chi connectivity index (χ3v) is 5.68. The molecule has 0 heterocycles. The Balaban J connectivity index is 2.20. The first-order valence-electron chi connectivity index (χ1n) is 9.84. The van der Waals surface area contributed by atoms with E-state index in [-0.39, 0.29) is 23.6 Å². The first kappa shape index (κ1) is 23.3. The quantitative estimate of drug-likeness (QED) is 0.562. The van der Waals surface area contributed by atoms with Gasteiger partial charge in [-0.05, 0) is 57.0 Å². The molecule has 2 aromatic carbocycles. The number of hydrogen-bond donors (Lipinski definition) is 1. The lowest BCUT2D eigenvalue weighted by atomic mass is 10.1. The van der Waals surface area contributed by atoms with Crippen molar-refractivity contribution in [2.45, 2.75) is 57.6 Å². The first-order chi connectivity index (χ1) is 13.8. The molecule has 1 atom stereocenters. The summed E-state index contributed by atoms with van der Waals surface area (Å²) < 4.78 is 0. The zero-order valence-corrected chi connectivity index (χ0v) is 19.0. The number of rotatable bonds is 9. The maximum absolute atomic E-state index is 13.2. The largest absolute Gasteiger partial charge is 0.352 e. The number of thioether (sulfide) groups is 1. The lowest BCUT2D eigenvalue weighted by Crippen LogP contribution is -2.50. The van der Waals surface area contributed by atoms with Gasteiger partial charge in [0.25, 0.3) is 0 Å². The van der Waals surface area contributed by atoms with Gasteiger partial charge in [-0.15, -0.1) is 11.8 Å². The Morgan fingerprint density at radius 2 is 1.83 bits per heavy atom. The van der Waals surface area contributed by atoms with Crippen LogP contribution in [0.1, 0.15) is 38.3 Å². The Morgan fingerprint density at radius 3 is 2.41 bits per heavy atom. The highest BCUT2D eigenvalue weighted by atomic mass is 35.5. The lowest BCUT2D eigenvalue weighted by molar-refractivity contribution is -0.139. The summed E-state index contributed by atoms with van der Waals surface area (Å²) in [6, 6.07) is 15.0. The van der Waals surface area contributed by atoms with Gasteiger partial charge < -0.3 is 10.2 Å². The van der Waals surface area contributed by atoms with Crippen LogP contribution in [-0.4, -0.2) is 34.6 Å². The molecule has 0 aliphatic carbocycles. The Hall–Kier alpha value is -1.98. The van der Waals surface area contributed by atoms with Gasteiger partial charge in [-0.3, -0.25) is 9.59 Å². The zero-order chi connectivity index (χ0) is 21.4. The predicted octanol–water partition coefficient (Wildman–Crippen LogP) is 5.07. The van der Waals surface area contributed by atoms with Gasteiger partial charge in [0.15, 0.2) is 0 Å². The monoisotopic (exact) mass is 432 g/mol. The van der Waals surface area contributed by atoms with E-state index in [1.807, 2.05) is 70.2 Å². The van der Waals surface area contributed by atoms with Crippen LogP contribution in [0.2, 0.25) is 5.02 Å². The minimum absolute atomic E-state index is 0.0240. The van der Waals surface area contributed by atoms with Gasteiger partial charge >= 0.3 is 0 Å². The molecule has 4 nitrogen and oxygen atoms in total. The zero-order valence-electron chi connectivity index (χ0n) is 17.4. The van der Waals surface area contributed by atoms with Gasteiger partial charge in [-0.2, -0.15) is 0 Å². The van der Waals surface area contributed by atoms with E-state index in [0.717, 1.165) is 16.0 Å².